The summed E-state index contributed by atoms with van der Waals surface area (Å²) in [6, 6.07) is 12.4. The predicted octanol–water partition coefficient (Wildman–Crippen LogP) is 3.47. The lowest BCUT2D eigenvalue weighted by atomic mass is 10.2. The van der Waals surface area contributed by atoms with Gasteiger partial charge >= 0.3 is 0 Å². The van der Waals surface area contributed by atoms with E-state index in [1.165, 1.54) is 19.2 Å². The van der Waals surface area contributed by atoms with Crippen molar-refractivity contribution in [2.75, 3.05) is 19.0 Å². The van der Waals surface area contributed by atoms with E-state index in [4.69, 9.17) is 26.8 Å². The Kier molecular flexibility index (Phi) is 6.96. The van der Waals surface area contributed by atoms with Crippen LogP contribution in [0, 0.1) is 0 Å². The molecule has 3 aromatic rings. The summed E-state index contributed by atoms with van der Waals surface area (Å²) in [4.78, 5) is 23.7. The molecule has 30 heavy (non-hydrogen) atoms. The van der Waals surface area contributed by atoms with Gasteiger partial charge in [-0.05, 0) is 29.8 Å². The third kappa shape index (κ3) is 5.31. The van der Waals surface area contributed by atoms with E-state index in [1.807, 2.05) is 24.3 Å². The molecule has 0 spiro atoms. The van der Waals surface area contributed by atoms with E-state index in [1.54, 1.807) is 16.9 Å². The number of hydrogen-bond donors (Lipinski definition) is 2. The zero-order valence-corrected chi connectivity index (χ0v) is 18.2. The summed E-state index contributed by atoms with van der Waals surface area (Å²) in [6.45, 7) is 0.114. The van der Waals surface area contributed by atoms with E-state index < -0.39 is 11.8 Å². The lowest BCUT2D eigenvalue weighted by molar-refractivity contribution is -0.119. The summed E-state index contributed by atoms with van der Waals surface area (Å²) >= 11 is 9.66. The minimum absolute atomic E-state index is 0.114. The van der Waals surface area contributed by atoms with Crippen LogP contribution in [0.25, 0.3) is 0 Å². The van der Waals surface area contributed by atoms with Gasteiger partial charge in [-0.2, -0.15) is 5.10 Å². The van der Waals surface area contributed by atoms with Gasteiger partial charge in [0, 0.05) is 16.1 Å². The van der Waals surface area contributed by atoms with E-state index in [0.717, 1.165) is 10.0 Å². The number of carbonyl (C=O) groups excluding carboxylic acids is 2. The SMILES string of the molecule is COc1cc(C(=O)Nc2ccnn2Cc2cccc(Br)c2)cc(Cl)c1OCC(N)=O. The summed E-state index contributed by atoms with van der Waals surface area (Å²) in [6.07, 6.45) is 1.60. The number of nitrogens with one attached hydrogen (secondary N) is 1. The Hall–Kier alpha value is -3.04. The van der Waals surface area contributed by atoms with Gasteiger partial charge in [-0.15, -0.1) is 0 Å². The molecule has 0 aliphatic carbocycles. The van der Waals surface area contributed by atoms with Crippen molar-refractivity contribution in [3.05, 3.63) is 69.3 Å². The van der Waals surface area contributed by atoms with Crippen LogP contribution in [0.1, 0.15) is 15.9 Å². The monoisotopic (exact) mass is 492 g/mol. The van der Waals surface area contributed by atoms with Gasteiger partial charge in [0.15, 0.2) is 18.1 Å². The van der Waals surface area contributed by atoms with E-state index in [9.17, 15) is 9.59 Å². The maximum Gasteiger partial charge on any atom is 0.257 e. The van der Waals surface area contributed by atoms with E-state index in [-0.39, 0.29) is 28.7 Å². The second kappa shape index (κ2) is 9.64. The summed E-state index contributed by atoms with van der Waals surface area (Å²) in [7, 11) is 1.40. The Bertz CT molecular complexity index is 1090. The molecule has 0 radical (unpaired) electrons. The maximum atomic E-state index is 12.8. The first-order valence-corrected chi connectivity index (χ1v) is 9.90. The fourth-order valence-electron chi connectivity index (χ4n) is 2.70. The van der Waals surface area contributed by atoms with Crippen LogP contribution in [0.3, 0.4) is 0 Å². The number of nitrogens with two attached hydrogens (primary N) is 1. The Labute approximate surface area is 186 Å². The van der Waals surface area contributed by atoms with Crippen LogP contribution in [-0.4, -0.2) is 35.3 Å². The van der Waals surface area contributed by atoms with Crippen molar-refractivity contribution in [1.82, 2.24) is 9.78 Å². The zero-order valence-electron chi connectivity index (χ0n) is 15.9. The Morgan fingerprint density at radius 1 is 1.27 bits per heavy atom. The molecular weight excluding hydrogens is 476 g/mol. The lowest BCUT2D eigenvalue weighted by Crippen LogP contribution is -2.20. The highest BCUT2D eigenvalue weighted by Crippen LogP contribution is 2.36. The van der Waals surface area contributed by atoms with Crippen LogP contribution in [0.5, 0.6) is 11.5 Å². The van der Waals surface area contributed by atoms with Gasteiger partial charge in [-0.25, -0.2) is 4.68 Å². The maximum absolute atomic E-state index is 12.8. The number of carbonyl (C=O) groups is 2. The fraction of sp³-hybridized carbons (Fsp3) is 0.150. The number of amides is 2. The Morgan fingerprint density at radius 3 is 2.77 bits per heavy atom. The molecule has 0 saturated heterocycles. The van der Waals surface area contributed by atoms with Crippen molar-refractivity contribution >= 4 is 45.2 Å². The van der Waals surface area contributed by atoms with Crippen molar-refractivity contribution in [2.24, 2.45) is 5.73 Å². The van der Waals surface area contributed by atoms with Gasteiger partial charge in [0.2, 0.25) is 0 Å². The van der Waals surface area contributed by atoms with Crippen LogP contribution in [0.4, 0.5) is 5.82 Å². The minimum atomic E-state index is -0.659. The van der Waals surface area contributed by atoms with Crippen molar-refractivity contribution in [1.29, 1.82) is 0 Å². The van der Waals surface area contributed by atoms with E-state index >= 15 is 0 Å². The molecule has 3 N–H and O–H groups in total. The average molecular weight is 494 g/mol. The standard InChI is InChI=1S/C20H18BrClN4O4/c1-29-16-9-13(8-15(22)19(16)30-11-17(23)27)20(28)25-18-5-6-24-26(18)10-12-3-2-4-14(21)7-12/h2-9H,10-11H2,1H3,(H2,23,27)(H,25,28). The molecule has 0 aliphatic heterocycles. The van der Waals surface area contributed by atoms with Crippen LogP contribution < -0.4 is 20.5 Å². The zero-order chi connectivity index (χ0) is 21.7. The van der Waals surface area contributed by atoms with Gasteiger partial charge in [0.25, 0.3) is 11.8 Å². The highest BCUT2D eigenvalue weighted by atomic mass is 79.9. The van der Waals surface area contributed by atoms with E-state index in [2.05, 4.69) is 26.3 Å². The number of primary amides is 1. The van der Waals surface area contributed by atoms with Gasteiger partial charge in [0.05, 0.1) is 24.9 Å². The first kappa shape index (κ1) is 21.7. The summed E-state index contributed by atoms with van der Waals surface area (Å²) in [5, 5.41) is 7.19. The van der Waals surface area contributed by atoms with Gasteiger partial charge < -0.3 is 20.5 Å². The first-order chi connectivity index (χ1) is 14.4. The van der Waals surface area contributed by atoms with Gasteiger partial charge in [-0.3, -0.25) is 9.59 Å². The van der Waals surface area contributed by atoms with Crippen LogP contribution in [-0.2, 0) is 11.3 Å². The molecule has 0 saturated carbocycles. The molecule has 0 unspecified atom stereocenters. The molecule has 0 bridgehead atoms. The molecule has 156 valence electrons. The van der Waals surface area contributed by atoms with E-state index in [0.29, 0.717) is 12.4 Å². The Morgan fingerprint density at radius 2 is 2.07 bits per heavy atom. The van der Waals surface area contributed by atoms with Crippen molar-refractivity contribution in [2.45, 2.75) is 6.54 Å². The number of benzene rings is 2. The molecule has 8 nitrogen and oxygen atoms in total. The van der Waals surface area contributed by atoms with Crippen LogP contribution in [0.2, 0.25) is 5.02 Å². The number of ether oxygens (including phenoxy) is 2. The topological polar surface area (TPSA) is 108 Å². The second-order valence-electron chi connectivity index (χ2n) is 6.20. The second-order valence-corrected chi connectivity index (χ2v) is 7.53. The summed E-state index contributed by atoms with van der Waals surface area (Å²) in [5.74, 6) is -0.212. The molecule has 3 rings (SSSR count). The van der Waals surface area contributed by atoms with Gasteiger partial charge in [0.1, 0.15) is 5.82 Å². The molecular formula is C20H18BrClN4O4. The average Bonchev–Trinajstić information content (AvgIpc) is 3.12. The first-order valence-electron chi connectivity index (χ1n) is 8.73. The molecule has 2 aromatic carbocycles. The molecule has 1 aromatic heterocycles. The third-order valence-corrected chi connectivity index (χ3v) is 4.80. The lowest BCUT2D eigenvalue weighted by Gasteiger charge is -2.14. The fourth-order valence-corrected chi connectivity index (χ4v) is 3.41. The highest BCUT2D eigenvalue weighted by molar-refractivity contribution is 9.10. The van der Waals surface area contributed by atoms with Crippen molar-refractivity contribution in [3.63, 3.8) is 0 Å². The molecule has 0 aliphatic rings. The number of aromatic nitrogens is 2. The molecule has 0 atom stereocenters. The Balaban J connectivity index is 1.79. The predicted molar refractivity (Wildman–Crippen MR) is 116 cm³/mol. The smallest absolute Gasteiger partial charge is 0.257 e. The number of rotatable bonds is 8. The van der Waals surface area contributed by atoms with Crippen LogP contribution in [0.15, 0.2) is 53.1 Å². The summed E-state index contributed by atoms with van der Waals surface area (Å²) < 4.78 is 13.1. The normalized spacial score (nSPS) is 10.5. The number of methoxy groups -OCH3 is 1. The number of halogens is 2. The minimum Gasteiger partial charge on any atom is -0.493 e. The number of hydrogen-bond acceptors (Lipinski definition) is 5. The van der Waals surface area contributed by atoms with Crippen molar-refractivity contribution < 1.29 is 19.1 Å². The quantitative estimate of drug-likeness (QED) is 0.499. The van der Waals surface area contributed by atoms with Crippen LogP contribution >= 0.6 is 27.5 Å². The number of anilines is 1. The highest BCUT2D eigenvalue weighted by Gasteiger charge is 2.18. The number of nitrogens with zero attached hydrogens (tertiary/aromatic N) is 2. The van der Waals surface area contributed by atoms with Gasteiger partial charge in [-0.1, -0.05) is 39.7 Å². The molecule has 1 heterocycles. The third-order valence-electron chi connectivity index (χ3n) is 4.03. The molecule has 10 heteroatoms. The summed E-state index contributed by atoms with van der Waals surface area (Å²) in [5.41, 5.74) is 6.36. The molecule has 0 fully saturated rings. The molecule has 2 amide bonds. The largest absolute Gasteiger partial charge is 0.493 e. The van der Waals surface area contributed by atoms with Crippen molar-refractivity contribution in [3.8, 4) is 11.5 Å².